The number of oxazole rings is 1. The Balaban J connectivity index is -0.0000000735. The van der Waals surface area contributed by atoms with Crippen LogP contribution in [0.2, 0.25) is 0 Å². The van der Waals surface area contributed by atoms with Crippen molar-refractivity contribution in [2.24, 2.45) is 0 Å². The first-order valence-electron chi connectivity index (χ1n) is 3.34. The van der Waals surface area contributed by atoms with Crippen LogP contribution in [0.5, 0.6) is 0 Å². The zero-order valence-corrected chi connectivity index (χ0v) is 15.0. The van der Waals surface area contributed by atoms with Gasteiger partial charge in [-0.25, -0.2) is 4.98 Å². The van der Waals surface area contributed by atoms with Crippen molar-refractivity contribution >= 4 is 21.9 Å². The minimum absolute atomic E-state index is 0. The smallest absolute Gasteiger partial charge is 1.00 e. The molecular weight excluding hydrogens is 296 g/mol. The SMILES string of the molecule is O=P(O)(O)CNc1ncco1.O=[P+](O)O.[H-].[H-].[Na+].[Na+]. The third-order valence-electron chi connectivity index (χ3n) is 0.869. The molecule has 0 radical (unpaired) electrons. The van der Waals surface area contributed by atoms with Crippen molar-refractivity contribution in [2.75, 3.05) is 11.6 Å². The van der Waals surface area contributed by atoms with Gasteiger partial charge in [0, 0.05) is 4.57 Å². The summed E-state index contributed by atoms with van der Waals surface area (Å²) in [5, 5.41) is 2.32. The van der Waals surface area contributed by atoms with Crippen molar-refractivity contribution in [3.63, 3.8) is 0 Å². The standard InChI is InChI=1S/C4H7N2O4P.2Na.HO3P.2H/c7-11(8,9)3-6-4-5-1-2-10-4;;;1-4(2)3;;/h1-2H,3H2,(H,5,6)(H2,7,8,9);;;(H-,1,2,3);;/q;2*+1;;2*-1/p+1. The first-order valence-corrected chi connectivity index (χ1v) is 6.30. The molecule has 0 amide bonds. The molecule has 0 saturated heterocycles. The summed E-state index contributed by atoms with van der Waals surface area (Å²) in [5.41, 5.74) is 0. The quantitative estimate of drug-likeness (QED) is 0.271. The minimum atomic E-state index is -4.02. The average molecular weight is 307 g/mol. The normalized spacial score (nSPS) is 8.94. The first-order chi connectivity index (χ1) is 6.81. The van der Waals surface area contributed by atoms with E-state index in [-0.39, 0.29) is 68.0 Å². The van der Waals surface area contributed by atoms with Crippen LogP contribution < -0.4 is 64.4 Å². The van der Waals surface area contributed by atoms with Crippen molar-refractivity contribution in [1.82, 2.24) is 4.98 Å². The summed E-state index contributed by atoms with van der Waals surface area (Å²) in [6, 6.07) is 0.105. The molecule has 0 unspecified atom stereocenters. The summed E-state index contributed by atoms with van der Waals surface area (Å²) in [7, 11) is -6.89. The van der Waals surface area contributed by atoms with Crippen molar-refractivity contribution in [2.45, 2.75) is 0 Å². The molecule has 0 aliphatic rings. The predicted octanol–water partition coefficient (Wildman–Crippen LogP) is -5.92. The number of hydrogen-bond donors (Lipinski definition) is 5. The van der Waals surface area contributed by atoms with E-state index in [9.17, 15) is 4.57 Å². The second-order valence-corrected chi connectivity index (χ2v) is 4.24. The molecule has 1 rings (SSSR count). The topological polar surface area (TPSA) is 153 Å². The number of rotatable bonds is 3. The van der Waals surface area contributed by atoms with Gasteiger partial charge < -0.3 is 22.4 Å². The number of nitrogens with one attached hydrogen (secondary N) is 1. The molecule has 0 fully saturated rings. The molecule has 9 nitrogen and oxygen atoms in total. The molecule has 90 valence electrons. The Morgan fingerprint density at radius 3 is 2.24 bits per heavy atom. The summed E-state index contributed by atoms with van der Waals surface area (Å²) in [6.07, 6.45) is 2.22. The average Bonchev–Trinajstić information content (AvgIpc) is 2.49. The van der Waals surface area contributed by atoms with Gasteiger partial charge in [0.1, 0.15) is 12.5 Å². The van der Waals surface area contributed by atoms with E-state index in [0.717, 1.165) is 0 Å². The van der Waals surface area contributed by atoms with E-state index in [1.807, 2.05) is 0 Å². The largest absolute Gasteiger partial charge is 1.00 e. The molecule has 1 heterocycles. The molecule has 0 atom stereocenters. The molecule has 13 heteroatoms. The van der Waals surface area contributed by atoms with E-state index >= 15 is 0 Å². The Morgan fingerprint density at radius 2 is 1.94 bits per heavy atom. The molecule has 0 saturated carbocycles. The van der Waals surface area contributed by atoms with E-state index < -0.39 is 22.1 Å². The van der Waals surface area contributed by atoms with Gasteiger partial charge >= 0.3 is 75.0 Å². The zero-order chi connectivity index (χ0) is 11.9. The van der Waals surface area contributed by atoms with Gasteiger partial charge in [0.2, 0.25) is 0 Å². The van der Waals surface area contributed by atoms with Gasteiger partial charge in [0.25, 0.3) is 6.01 Å². The van der Waals surface area contributed by atoms with E-state index in [1.54, 1.807) is 0 Å². The molecule has 0 aliphatic carbocycles. The third kappa shape index (κ3) is 19.7. The van der Waals surface area contributed by atoms with Gasteiger partial charge in [0.15, 0.2) is 0 Å². The molecule has 0 aromatic carbocycles. The van der Waals surface area contributed by atoms with Crippen LogP contribution in [0, 0.1) is 0 Å². The Bertz CT molecular complexity index is 347. The molecule has 1 aromatic heterocycles. The van der Waals surface area contributed by atoms with Crippen LogP contribution in [0.15, 0.2) is 16.9 Å². The van der Waals surface area contributed by atoms with Crippen LogP contribution >= 0.6 is 15.9 Å². The van der Waals surface area contributed by atoms with Gasteiger partial charge in [-0.2, -0.15) is 0 Å². The molecular formula is C4H11N2Na2O7P2+. The summed E-state index contributed by atoms with van der Waals surface area (Å²) in [6.45, 7) is 0. The summed E-state index contributed by atoms with van der Waals surface area (Å²) >= 11 is 0. The monoisotopic (exact) mass is 307 g/mol. The summed E-state index contributed by atoms with van der Waals surface area (Å²) in [4.78, 5) is 34.6. The molecule has 17 heavy (non-hydrogen) atoms. The number of anilines is 1. The summed E-state index contributed by atoms with van der Waals surface area (Å²) < 4.78 is 23.7. The Morgan fingerprint density at radius 1 is 1.47 bits per heavy atom. The molecule has 0 bridgehead atoms. The number of hydrogen-bond acceptors (Lipinski definition) is 5. The Hall–Kier alpha value is 1.18. The fourth-order valence-electron chi connectivity index (χ4n) is 0.481. The minimum Gasteiger partial charge on any atom is -1.00 e. The Labute approximate surface area is 145 Å². The van der Waals surface area contributed by atoms with Gasteiger partial charge in [-0.15, -0.1) is 9.79 Å². The van der Waals surface area contributed by atoms with E-state index in [2.05, 4.69) is 14.7 Å². The van der Waals surface area contributed by atoms with Gasteiger partial charge in [0.05, 0.1) is 6.20 Å². The second-order valence-electron chi connectivity index (χ2n) is 2.09. The van der Waals surface area contributed by atoms with Crippen molar-refractivity contribution < 1.29 is 95.1 Å². The van der Waals surface area contributed by atoms with Crippen LogP contribution in [-0.2, 0) is 9.13 Å². The first kappa shape index (κ1) is 23.3. The van der Waals surface area contributed by atoms with Crippen LogP contribution in [0.4, 0.5) is 6.01 Å². The van der Waals surface area contributed by atoms with Crippen LogP contribution in [0.1, 0.15) is 2.85 Å². The molecule has 0 aliphatic heterocycles. The zero-order valence-electron chi connectivity index (χ0n) is 11.2. The van der Waals surface area contributed by atoms with Crippen molar-refractivity contribution in [3.05, 3.63) is 12.5 Å². The van der Waals surface area contributed by atoms with E-state index in [1.165, 1.54) is 12.5 Å². The van der Waals surface area contributed by atoms with E-state index in [4.69, 9.17) is 24.1 Å². The van der Waals surface area contributed by atoms with E-state index in [0.29, 0.717) is 0 Å². The van der Waals surface area contributed by atoms with Crippen LogP contribution in [-0.4, -0.2) is 30.8 Å². The summed E-state index contributed by atoms with van der Waals surface area (Å²) in [5.74, 6) is 0. The maximum absolute atomic E-state index is 10.3. The maximum Gasteiger partial charge on any atom is 1.00 e. The number of aromatic nitrogens is 1. The molecule has 5 N–H and O–H groups in total. The fourth-order valence-corrected chi connectivity index (χ4v) is 0.823. The van der Waals surface area contributed by atoms with Gasteiger partial charge in [-0.05, 0) is 0 Å². The fraction of sp³-hybridized carbons (Fsp3) is 0.250. The number of nitrogens with zero attached hydrogens (tertiary/aromatic N) is 1. The van der Waals surface area contributed by atoms with Crippen LogP contribution in [0.3, 0.4) is 0 Å². The van der Waals surface area contributed by atoms with Crippen LogP contribution in [0.25, 0.3) is 0 Å². The second kappa shape index (κ2) is 12.2. The Kier molecular flexibility index (Phi) is 16.7. The third-order valence-corrected chi connectivity index (χ3v) is 1.44. The predicted molar refractivity (Wildman–Crippen MR) is 51.3 cm³/mol. The molecule has 0 spiro atoms. The van der Waals surface area contributed by atoms with Gasteiger partial charge in [-0.1, -0.05) is 0 Å². The van der Waals surface area contributed by atoms with Gasteiger partial charge in [-0.3, -0.25) is 4.57 Å². The maximum atomic E-state index is 10.3. The van der Waals surface area contributed by atoms with Crippen molar-refractivity contribution in [3.8, 4) is 0 Å². The van der Waals surface area contributed by atoms with Crippen molar-refractivity contribution in [1.29, 1.82) is 0 Å². The molecule has 1 aromatic rings.